The summed E-state index contributed by atoms with van der Waals surface area (Å²) in [5.74, 6) is 0.542. The SMILES string of the molecule is COc1ccc(CCC(=O)Nc2ccc(S(=O)(=O)Nc3ccc(F)cc3)cc2)cc1OC. The molecule has 9 heteroatoms. The summed E-state index contributed by atoms with van der Waals surface area (Å²) in [6, 6.07) is 16.2. The van der Waals surface area contributed by atoms with Crippen molar-refractivity contribution in [1.82, 2.24) is 0 Å². The Morgan fingerprint density at radius 2 is 1.50 bits per heavy atom. The maximum atomic E-state index is 13.0. The summed E-state index contributed by atoms with van der Waals surface area (Å²) in [6.07, 6.45) is 0.738. The van der Waals surface area contributed by atoms with Gasteiger partial charge in [-0.25, -0.2) is 12.8 Å². The number of halogens is 1. The fourth-order valence-electron chi connectivity index (χ4n) is 2.97. The Bertz CT molecular complexity index is 1180. The molecule has 0 radical (unpaired) electrons. The zero-order valence-electron chi connectivity index (χ0n) is 17.6. The molecule has 7 nitrogen and oxygen atoms in total. The van der Waals surface area contributed by atoms with Crippen molar-refractivity contribution in [1.29, 1.82) is 0 Å². The number of anilines is 2. The number of carbonyl (C=O) groups excluding carboxylic acids is 1. The highest BCUT2D eigenvalue weighted by atomic mass is 32.2. The lowest BCUT2D eigenvalue weighted by Gasteiger charge is -2.11. The van der Waals surface area contributed by atoms with Crippen LogP contribution in [0.2, 0.25) is 0 Å². The van der Waals surface area contributed by atoms with Crippen LogP contribution in [0, 0.1) is 5.82 Å². The molecule has 3 aromatic rings. The number of hydrogen-bond acceptors (Lipinski definition) is 5. The highest BCUT2D eigenvalue weighted by molar-refractivity contribution is 7.92. The van der Waals surface area contributed by atoms with E-state index < -0.39 is 15.8 Å². The molecule has 0 bridgehead atoms. The summed E-state index contributed by atoms with van der Waals surface area (Å²) in [6.45, 7) is 0. The first-order valence-electron chi connectivity index (χ1n) is 9.70. The molecule has 0 aliphatic heterocycles. The van der Waals surface area contributed by atoms with Gasteiger partial charge in [-0.2, -0.15) is 0 Å². The number of nitrogens with one attached hydrogen (secondary N) is 2. The fourth-order valence-corrected chi connectivity index (χ4v) is 4.03. The predicted octanol–water partition coefficient (Wildman–Crippen LogP) is 4.22. The molecule has 0 spiro atoms. The number of carbonyl (C=O) groups is 1. The number of benzene rings is 3. The Hall–Kier alpha value is -3.59. The van der Waals surface area contributed by atoms with Crippen molar-refractivity contribution in [3.63, 3.8) is 0 Å². The summed E-state index contributed by atoms with van der Waals surface area (Å²) < 4.78 is 50.8. The van der Waals surface area contributed by atoms with Crippen molar-refractivity contribution in [3.8, 4) is 11.5 Å². The van der Waals surface area contributed by atoms with Gasteiger partial charge in [0.2, 0.25) is 5.91 Å². The third kappa shape index (κ3) is 5.98. The summed E-state index contributed by atoms with van der Waals surface area (Å²) >= 11 is 0. The molecule has 0 fully saturated rings. The summed E-state index contributed by atoms with van der Waals surface area (Å²) in [4.78, 5) is 12.3. The van der Waals surface area contributed by atoms with Crippen LogP contribution in [-0.2, 0) is 21.2 Å². The normalized spacial score (nSPS) is 11.0. The molecule has 0 saturated carbocycles. The van der Waals surface area contributed by atoms with E-state index in [0.717, 1.165) is 5.56 Å². The van der Waals surface area contributed by atoms with Crippen LogP contribution in [0.5, 0.6) is 11.5 Å². The van der Waals surface area contributed by atoms with Crippen LogP contribution < -0.4 is 19.5 Å². The maximum Gasteiger partial charge on any atom is 0.261 e. The number of hydrogen-bond donors (Lipinski definition) is 2. The zero-order valence-corrected chi connectivity index (χ0v) is 18.4. The number of ether oxygens (including phenoxy) is 2. The first-order valence-corrected chi connectivity index (χ1v) is 11.2. The van der Waals surface area contributed by atoms with Crippen molar-refractivity contribution in [2.24, 2.45) is 0 Å². The van der Waals surface area contributed by atoms with E-state index in [1.165, 1.54) is 48.5 Å². The fraction of sp³-hybridized carbons (Fsp3) is 0.174. The minimum Gasteiger partial charge on any atom is -0.493 e. The van der Waals surface area contributed by atoms with E-state index in [-0.39, 0.29) is 22.9 Å². The van der Waals surface area contributed by atoms with Crippen LogP contribution >= 0.6 is 0 Å². The van der Waals surface area contributed by atoms with Gasteiger partial charge in [0.1, 0.15) is 5.82 Å². The Morgan fingerprint density at radius 3 is 2.12 bits per heavy atom. The summed E-state index contributed by atoms with van der Waals surface area (Å²) in [5, 5.41) is 2.75. The first-order chi connectivity index (χ1) is 15.3. The van der Waals surface area contributed by atoms with E-state index >= 15 is 0 Å². The van der Waals surface area contributed by atoms with Crippen molar-refractivity contribution in [2.75, 3.05) is 24.3 Å². The van der Waals surface area contributed by atoms with E-state index in [1.807, 2.05) is 12.1 Å². The molecule has 3 rings (SSSR count). The topological polar surface area (TPSA) is 93.7 Å². The molecule has 0 atom stereocenters. The number of aryl methyl sites for hydroxylation is 1. The molecular formula is C23H23FN2O5S. The van der Waals surface area contributed by atoms with Gasteiger partial charge < -0.3 is 14.8 Å². The molecule has 0 heterocycles. The summed E-state index contributed by atoms with van der Waals surface area (Å²) in [7, 11) is -0.732. The van der Waals surface area contributed by atoms with Crippen LogP contribution in [-0.4, -0.2) is 28.5 Å². The van der Waals surface area contributed by atoms with Gasteiger partial charge in [-0.1, -0.05) is 6.07 Å². The lowest BCUT2D eigenvalue weighted by molar-refractivity contribution is -0.116. The average Bonchev–Trinajstić information content (AvgIpc) is 2.79. The Morgan fingerprint density at radius 1 is 0.875 bits per heavy atom. The molecule has 2 N–H and O–H groups in total. The monoisotopic (exact) mass is 458 g/mol. The quantitative estimate of drug-likeness (QED) is 0.501. The molecule has 0 aliphatic rings. The van der Waals surface area contributed by atoms with E-state index in [9.17, 15) is 17.6 Å². The zero-order chi connectivity index (χ0) is 23.1. The molecule has 0 aliphatic carbocycles. The Balaban J connectivity index is 1.58. The van der Waals surface area contributed by atoms with Gasteiger partial charge in [-0.15, -0.1) is 0 Å². The lowest BCUT2D eigenvalue weighted by atomic mass is 10.1. The van der Waals surface area contributed by atoms with Gasteiger partial charge in [-0.3, -0.25) is 9.52 Å². The van der Waals surface area contributed by atoms with Gasteiger partial charge in [0.25, 0.3) is 10.0 Å². The lowest BCUT2D eigenvalue weighted by Crippen LogP contribution is -2.14. The first kappa shape index (κ1) is 23.1. The molecule has 0 saturated heterocycles. The summed E-state index contributed by atoms with van der Waals surface area (Å²) in [5.41, 5.74) is 1.65. The number of rotatable bonds is 9. The molecule has 3 aromatic carbocycles. The predicted molar refractivity (Wildman–Crippen MR) is 120 cm³/mol. The molecule has 32 heavy (non-hydrogen) atoms. The van der Waals surface area contributed by atoms with Crippen LogP contribution in [0.25, 0.3) is 0 Å². The van der Waals surface area contributed by atoms with Gasteiger partial charge in [0.05, 0.1) is 19.1 Å². The van der Waals surface area contributed by atoms with Gasteiger partial charge >= 0.3 is 0 Å². The van der Waals surface area contributed by atoms with Crippen molar-refractivity contribution in [3.05, 3.63) is 78.1 Å². The largest absolute Gasteiger partial charge is 0.493 e. The van der Waals surface area contributed by atoms with Gasteiger partial charge in [-0.05, 0) is 72.6 Å². The molecule has 1 amide bonds. The second kappa shape index (κ2) is 10.1. The highest BCUT2D eigenvalue weighted by Gasteiger charge is 2.14. The van der Waals surface area contributed by atoms with Crippen molar-refractivity contribution in [2.45, 2.75) is 17.7 Å². The van der Waals surface area contributed by atoms with E-state index in [0.29, 0.717) is 23.6 Å². The maximum absolute atomic E-state index is 13.0. The van der Waals surface area contributed by atoms with Crippen LogP contribution in [0.15, 0.2) is 71.6 Å². The van der Waals surface area contributed by atoms with Crippen LogP contribution in [0.3, 0.4) is 0 Å². The van der Waals surface area contributed by atoms with E-state index in [1.54, 1.807) is 20.3 Å². The highest BCUT2D eigenvalue weighted by Crippen LogP contribution is 2.28. The molecular weight excluding hydrogens is 435 g/mol. The van der Waals surface area contributed by atoms with E-state index in [2.05, 4.69) is 10.0 Å². The second-order valence-electron chi connectivity index (χ2n) is 6.87. The van der Waals surface area contributed by atoms with Crippen LogP contribution in [0.1, 0.15) is 12.0 Å². The average molecular weight is 459 g/mol. The van der Waals surface area contributed by atoms with Crippen molar-refractivity contribution < 1.29 is 27.1 Å². The van der Waals surface area contributed by atoms with Crippen molar-refractivity contribution >= 4 is 27.3 Å². The molecule has 168 valence electrons. The Labute approximate surface area is 186 Å². The van der Waals surface area contributed by atoms with Gasteiger partial charge in [0.15, 0.2) is 11.5 Å². The third-order valence-electron chi connectivity index (χ3n) is 4.63. The van der Waals surface area contributed by atoms with Gasteiger partial charge in [0, 0.05) is 17.8 Å². The standard InChI is InChI=1S/C23H23FN2O5S/c1-30-21-13-3-16(15-22(21)31-2)4-14-23(27)25-18-9-11-20(12-10-18)32(28,29)26-19-7-5-17(24)6-8-19/h3,5-13,15,26H,4,14H2,1-2H3,(H,25,27). The molecule has 0 aromatic heterocycles. The number of amides is 1. The van der Waals surface area contributed by atoms with E-state index in [4.69, 9.17) is 9.47 Å². The number of sulfonamides is 1. The molecule has 0 unspecified atom stereocenters. The Kier molecular flexibility index (Phi) is 7.32. The smallest absolute Gasteiger partial charge is 0.261 e. The second-order valence-corrected chi connectivity index (χ2v) is 8.56. The minimum absolute atomic E-state index is 0.0187. The number of methoxy groups -OCH3 is 2. The minimum atomic E-state index is -3.84. The van der Waals surface area contributed by atoms with Crippen LogP contribution in [0.4, 0.5) is 15.8 Å². The third-order valence-corrected chi connectivity index (χ3v) is 6.03.